The lowest BCUT2D eigenvalue weighted by molar-refractivity contribution is 0.487. The van der Waals surface area contributed by atoms with Crippen LogP contribution in [0.2, 0.25) is 0 Å². The third kappa shape index (κ3) is 2.74. The maximum atomic E-state index is 6.47. The standard InChI is InChI=1S/C36H24O/c1-36(25-12-3-2-4-13-25)30-17-6-5-14-27(30)28-21-20-24(22-31(28)36)26-15-9-19-33-35(26)29-16-7-10-23-11-8-18-32(37-33)34(23)29/h2-22H,1H3. The molecule has 1 heterocycles. The van der Waals surface area contributed by atoms with E-state index in [1.165, 1.54) is 60.8 Å². The molecule has 1 atom stereocenters. The molecule has 6 aromatic rings. The number of fused-ring (bicyclic) bond motifs is 5. The lowest BCUT2D eigenvalue weighted by Crippen LogP contribution is -2.22. The summed E-state index contributed by atoms with van der Waals surface area (Å²) in [5, 5.41) is 2.39. The Kier molecular flexibility index (Phi) is 4.14. The van der Waals surface area contributed by atoms with Crippen molar-refractivity contribution in [2.24, 2.45) is 0 Å². The maximum Gasteiger partial charge on any atom is 0.135 e. The SMILES string of the molecule is CC1(c2ccccc2)c2ccccc2-c2ccc(-c3cccc4c3-c3cccc5cccc(c35)O4)cc21. The Morgan fingerprint density at radius 3 is 2.08 bits per heavy atom. The Bertz CT molecular complexity index is 1860. The molecule has 0 saturated carbocycles. The Balaban J connectivity index is 1.39. The number of ether oxygens (including phenoxy) is 1. The fraction of sp³-hybridized carbons (Fsp3) is 0.0556. The summed E-state index contributed by atoms with van der Waals surface area (Å²) in [6, 6.07) is 46.1. The van der Waals surface area contributed by atoms with Crippen molar-refractivity contribution in [3.05, 3.63) is 144 Å². The molecule has 1 aliphatic carbocycles. The van der Waals surface area contributed by atoms with E-state index in [9.17, 15) is 0 Å². The smallest absolute Gasteiger partial charge is 0.135 e. The predicted octanol–water partition coefficient (Wildman–Crippen LogP) is 9.61. The number of benzene rings is 6. The maximum absolute atomic E-state index is 6.47. The molecule has 8 rings (SSSR count). The summed E-state index contributed by atoms with van der Waals surface area (Å²) < 4.78 is 6.47. The second-order valence-electron chi connectivity index (χ2n) is 10.2. The van der Waals surface area contributed by atoms with Gasteiger partial charge in [0.15, 0.2) is 0 Å². The molecule has 174 valence electrons. The number of rotatable bonds is 2. The molecule has 0 aromatic heterocycles. The first-order valence-corrected chi connectivity index (χ1v) is 12.9. The zero-order chi connectivity index (χ0) is 24.6. The van der Waals surface area contributed by atoms with Crippen molar-refractivity contribution < 1.29 is 4.74 Å². The zero-order valence-corrected chi connectivity index (χ0v) is 20.5. The monoisotopic (exact) mass is 472 g/mol. The predicted molar refractivity (Wildman–Crippen MR) is 152 cm³/mol. The van der Waals surface area contributed by atoms with Crippen LogP contribution in [0.3, 0.4) is 0 Å². The highest BCUT2D eigenvalue weighted by molar-refractivity contribution is 6.07. The first kappa shape index (κ1) is 20.6. The lowest BCUT2D eigenvalue weighted by atomic mass is 9.74. The van der Waals surface area contributed by atoms with Gasteiger partial charge in [0.25, 0.3) is 0 Å². The summed E-state index contributed by atoms with van der Waals surface area (Å²) >= 11 is 0. The van der Waals surface area contributed by atoms with E-state index >= 15 is 0 Å². The molecule has 0 saturated heterocycles. The average Bonchev–Trinajstić information content (AvgIpc) is 3.22. The van der Waals surface area contributed by atoms with E-state index in [0.717, 1.165) is 11.5 Å². The third-order valence-electron chi connectivity index (χ3n) is 8.36. The Labute approximate surface area is 216 Å². The highest BCUT2D eigenvalue weighted by atomic mass is 16.5. The van der Waals surface area contributed by atoms with Gasteiger partial charge in [0.1, 0.15) is 11.5 Å². The summed E-state index contributed by atoms with van der Waals surface area (Å²) in [5.74, 6) is 1.84. The second-order valence-corrected chi connectivity index (χ2v) is 10.2. The third-order valence-corrected chi connectivity index (χ3v) is 8.36. The quantitative estimate of drug-likeness (QED) is 0.243. The van der Waals surface area contributed by atoms with E-state index < -0.39 is 0 Å². The second kappa shape index (κ2) is 7.44. The molecule has 0 radical (unpaired) electrons. The van der Waals surface area contributed by atoms with Gasteiger partial charge < -0.3 is 4.74 Å². The molecule has 1 heteroatoms. The van der Waals surface area contributed by atoms with Crippen LogP contribution in [0.25, 0.3) is 44.2 Å². The molecule has 1 nitrogen and oxygen atoms in total. The van der Waals surface area contributed by atoms with E-state index in [0.29, 0.717) is 0 Å². The minimum Gasteiger partial charge on any atom is -0.456 e. The Hall–Kier alpha value is -4.62. The van der Waals surface area contributed by atoms with Gasteiger partial charge in [-0.15, -0.1) is 0 Å². The van der Waals surface area contributed by atoms with Gasteiger partial charge in [-0.25, -0.2) is 0 Å². The molecule has 0 spiro atoms. The van der Waals surface area contributed by atoms with Crippen LogP contribution in [-0.2, 0) is 5.41 Å². The van der Waals surface area contributed by atoms with Gasteiger partial charge in [-0.05, 0) is 75.0 Å². The first-order chi connectivity index (χ1) is 18.2. The van der Waals surface area contributed by atoms with Gasteiger partial charge >= 0.3 is 0 Å². The lowest BCUT2D eigenvalue weighted by Gasteiger charge is -2.29. The minimum absolute atomic E-state index is 0.221. The summed E-state index contributed by atoms with van der Waals surface area (Å²) in [5.41, 5.74) is 11.3. The molecule has 37 heavy (non-hydrogen) atoms. The molecule has 0 N–H and O–H groups in total. The van der Waals surface area contributed by atoms with Crippen LogP contribution < -0.4 is 4.74 Å². The number of hydrogen-bond donors (Lipinski definition) is 0. The minimum atomic E-state index is -0.221. The molecule has 0 bridgehead atoms. The van der Waals surface area contributed by atoms with Crippen molar-refractivity contribution >= 4 is 10.8 Å². The molecule has 6 aromatic carbocycles. The van der Waals surface area contributed by atoms with Gasteiger partial charge in [-0.1, -0.05) is 109 Å². The fourth-order valence-electron chi connectivity index (χ4n) is 6.59. The largest absolute Gasteiger partial charge is 0.456 e. The van der Waals surface area contributed by atoms with E-state index in [1.54, 1.807) is 0 Å². The summed E-state index contributed by atoms with van der Waals surface area (Å²) in [4.78, 5) is 0. The van der Waals surface area contributed by atoms with Crippen molar-refractivity contribution in [2.75, 3.05) is 0 Å². The molecule has 2 aliphatic rings. The Morgan fingerprint density at radius 2 is 1.19 bits per heavy atom. The fourth-order valence-corrected chi connectivity index (χ4v) is 6.59. The van der Waals surface area contributed by atoms with Gasteiger partial charge in [-0.3, -0.25) is 0 Å². The van der Waals surface area contributed by atoms with Crippen molar-refractivity contribution in [1.82, 2.24) is 0 Å². The van der Waals surface area contributed by atoms with Crippen LogP contribution in [0, 0.1) is 0 Å². The molecular weight excluding hydrogens is 448 g/mol. The van der Waals surface area contributed by atoms with Crippen LogP contribution in [-0.4, -0.2) is 0 Å². The first-order valence-electron chi connectivity index (χ1n) is 12.9. The average molecular weight is 473 g/mol. The van der Waals surface area contributed by atoms with Crippen molar-refractivity contribution in [1.29, 1.82) is 0 Å². The van der Waals surface area contributed by atoms with Crippen LogP contribution in [0.4, 0.5) is 0 Å². The van der Waals surface area contributed by atoms with E-state index in [1.807, 2.05) is 0 Å². The molecule has 0 fully saturated rings. The van der Waals surface area contributed by atoms with Crippen LogP contribution in [0.5, 0.6) is 11.5 Å². The van der Waals surface area contributed by atoms with Gasteiger partial charge in [0.2, 0.25) is 0 Å². The van der Waals surface area contributed by atoms with Gasteiger partial charge in [-0.2, -0.15) is 0 Å². The van der Waals surface area contributed by atoms with Crippen LogP contribution >= 0.6 is 0 Å². The highest BCUT2D eigenvalue weighted by Crippen LogP contribution is 2.55. The normalized spacial score (nSPS) is 16.6. The molecule has 1 unspecified atom stereocenters. The summed E-state index contributed by atoms with van der Waals surface area (Å²) in [6.07, 6.45) is 0. The van der Waals surface area contributed by atoms with Gasteiger partial charge in [0, 0.05) is 16.4 Å². The van der Waals surface area contributed by atoms with Crippen molar-refractivity contribution in [2.45, 2.75) is 12.3 Å². The Morgan fingerprint density at radius 1 is 0.514 bits per heavy atom. The van der Waals surface area contributed by atoms with E-state index in [2.05, 4.69) is 134 Å². The molecule has 1 aliphatic heterocycles. The van der Waals surface area contributed by atoms with Crippen LogP contribution in [0.1, 0.15) is 23.6 Å². The zero-order valence-electron chi connectivity index (χ0n) is 20.5. The highest BCUT2D eigenvalue weighted by Gasteiger charge is 2.40. The summed E-state index contributed by atoms with van der Waals surface area (Å²) in [7, 11) is 0. The van der Waals surface area contributed by atoms with Gasteiger partial charge in [0.05, 0.1) is 0 Å². The van der Waals surface area contributed by atoms with Crippen LogP contribution in [0.15, 0.2) is 127 Å². The number of hydrogen-bond acceptors (Lipinski definition) is 1. The summed E-state index contributed by atoms with van der Waals surface area (Å²) in [6.45, 7) is 2.37. The van der Waals surface area contributed by atoms with E-state index in [4.69, 9.17) is 4.74 Å². The van der Waals surface area contributed by atoms with Crippen molar-refractivity contribution in [3.63, 3.8) is 0 Å². The van der Waals surface area contributed by atoms with Crippen molar-refractivity contribution in [3.8, 4) is 44.9 Å². The topological polar surface area (TPSA) is 9.23 Å². The molecule has 0 amide bonds. The molecular formula is C36H24O. The van der Waals surface area contributed by atoms with E-state index in [-0.39, 0.29) is 5.41 Å².